The summed E-state index contributed by atoms with van der Waals surface area (Å²) >= 11 is 2.19. The van der Waals surface area contributed by atoms with Crippen molar-refractivity contribution in [3.63, 3.8) is 0 Å². The minimum Gasteiger partial charge on any atom is -0.319 e. The smallest absolute Gasteiger partial charge is 0.148 e. The van der Waals surface area contributed by atoms with Gasteiger partial charge in [-0.15, -0.1) is 0 Å². The van der Waals surface area contributed by atoms with E-state index in [0.717, 1.165) is 22.2 Å². The molecule has 1 heterocycles. The summed E-state index contributed by atoms with van der Waals surface area (Å²) in [6, 6.07) is 0. The highest BCUT2D eigenvalue weighted by molar-refractivity contribution is 14.1. The zero-order valence-electron chi connectivity index (χ0n) is 6.63. The van der Waals surface area contributed by atoms with E-state index in [1.807, 2.05) is 12.4 Å². The number of hydrogen-bond donors (Lipinski definition) is 1. The summed E-state index contributed by atoms with van der Waals surface area (Å²) < 4.78 is 1.05. The average molecular weight is 275 g/mol. The second-order valence-electron chi connectivity index (χ2n) is 3.23. The summed E-state index contributed by atoms with van der Waals surface area (Å²) in [7, 11) is 0. The second kappa shape index (κ2) is 2.92. The first-order chi connectivity index (χ1) is 5.71. The molecule has 12 heavy (non-hydrogen) atoms. The highest BCUT2D eigenvalue weighted by atomic mass is 127. The Morgan fingerprint density at radius 3 is 2.33 bits per heavy atom. The molecule has 1 saturated carbocycles. The molecule has 0 amide bonds. The number of nitrogens with two attached hydrogens (primary N) is 1. The third-order valence-electron chi connectivity index (χ3n) is 2.31. The van der Waals surface area contributed by atoms with E-state index in [-0.39, 0.29) is 5.54 Å². The van der Waals surface area contributed by atoms with Crippen molar-refractivity contribution in [3.8, 4) is 0 Å². The molecule has 0 spiro atoms. The molecular weight excluding hydrogens is 265 g/mol. The predicted octanol–water partition coefficient (Wildman–Crippen LogP) is 1.42. The molecule has 3 nitrogen and oxygen atoms in total. The van der Waals surface area contributed by atoms with Gasteiger partial charge in [0.2, 0.25) is 0 Å². The van der Waals surface area contributed by atoms with Crippen LogP contribution >= 0.6 is 22.6 Å². The molecule has 0 unspecified atom stereocenters. The second-order valence-corrected chi connectivity index (χ2v) is 4.48. The first-order valence-corrected chi connectivity index (χ1v) is 5.05. The first kappa shape index (κ1) is 8.37. The van der Waals surface area contributed by atoms with Crippen LogP contribution in [0.1, 0.15) is 25.1 Å². The summed E-state index contributed by atoms with van der Waals surface area (Å²) in [4.78, 5) is 8.46. The van der Waals surface area contributed by atoms with Crippen LogP contribution in [-0.2, 0) is 5.54 Å². The number of halogens is 1. The highest BCUT2D eigenvalue weighted by Gasteiger charge is 2.36. The van der Waals surface area contributed by atoms with Crippen molar-refractivity contribution in [2.75, 3.05) is 0 Å². The van der Waals surface area contributed by atoms with E-state index in [2.05, 4.69) is 32.6 Å². The van der Waals surface area contributed by atoms with E-state index >= 15 is 0 Å². The van der Waals surface area contributed by atoms with E-state index in [9.17, 15) is 0 Å². The standard InChI is InChI=1S/C8H10IN3/c9-6-4-11-7(12-5-6)8(10)2-1-3-8/h4-5H,1-3,10H2. The Hall–Kier alpha value is -0.230. The summed E-state index contributed by atoms with van der Waals surface area (Å²) in [6.07, 6.45) is 6.87. The topological polar surface area (TPSA) is 51.8 Å². The molecule has 1 aromatic rings. The van der Waals surface area contributed by atoms with Gasteiger partial charge < -0.3 is 5.73 Å². The van der Waals surface area contributed by atoms with Crippen molar-refractivity contribution in [1.82, 2.24) is 9.97 Å². The van der Waals surface area contributed by atoms with Crippen molar-refractivity contribution in [1.29, 1.82) is 0 Å². The van der Waals surface area contributed by atoms with Crippen LogP contribution in [0.25, 0.3) is 0 Å². The molecule has 0 atom stereocenters. The van der Waals surface area contributed by atoms with E-state index in [0.29, 0.717) is 0 Å². The van der Waals surface area contributed by atoms with Gasteiger partial charge in [0, 0.05) is 16.0 Å². The molecule has 1 fully saturated rings. The van der Waals surface area contributed by atoms with Crippen LogP contribution in [0.3, 0.4) is 0 Å². The lowest BCUT2D eigenvalue weighted by molar-refractivity contribution is 0.238. The van der Waals surface area contributed by atoms with Crippen molar-refractivity contribution in [2.24, 2.45) is 5.73 Å². The van der Waals surface area contributed by atoms with Crippen molar-refractivity contribution in [2.45, 2.75) is 24.8 Å². The van der Waals surface area contributed by atoms with Gasteiger partial charge in [-0.1, -0.05) is 0 Å². The first-order valence-electron chi connectivity index (χ1n) is 3.98. The average Bonchev–Trinajstić information content (AvgIpc) is 2.02. The van der Waals surface area contributed by atoms with Crippen LogP contribution in [-0.4, -0.2) is 9.97 Å². The fraction of sp³-hybridized carbons (Fsp3) is 0.500. The molecule has 0 radical (unpaired) electrons. The van der Waals surface area contributed by atoms with Crippen LogP contribution in [0.5, 0.6) is 0 Å². The molecule has 2 rings (SSSR count). The zero-order valence-corrected chi connectivity index (χ0v) is 8.78. The molecule has 2 N–H and O–H groups in total. The molecule has 0 aromatic carbocycles. The molecule has 0 saturated heterocycles. The van der Waals surface area contributed by atoms with Gasteiger partial charge in [0.15, 0.2) is 0 Å². The van der Waals surface area contributed by atoms with Crippen LogP contribution in [0.4, 0.5) is 0 Å². The zero-order chi connectivity index (χ0) is 8.60. The monoisotopic (exact) mass is 275 g/mol. The summed E-state index contributed by atoms with van der Waals surface area (Å²) in [5.74, 6) is 0.800. The molecule has 64 valence electrons. The highest BCUT2D eigenvalue weighted by Crippen LogP contribution is 2.36. The van der Waals surface area contributed by atoms with Crippen LogP contribution < -0.4 is 5.73 Å². The SMILES string of the molecule is NC1(c2ncc(I)cn2)CCC1. The Balaban J connectivity index is 2.28. The lowest BCUT2D eigenvalue weighted by atomic mass is 9.77. The fourth-order valence-corrected chi connectivity index (χ4v) is 1.63. The molecule has 0 aliphatic heterocycles. The number of nitrogens with zero attached hydrogens (tertiary/aromatic N) is 2. The van der Waals surface area contributed by atoms with Crippen molar-refractivity contribution < 1.29 is 0 Å². The van der Waals surface area contributed by atoms with Gasteiger partial charge in [-0.2, -0.15) is 0 Å². The normalized spacial score (nSPS) is 20.2. The van der Waals surface area contributed by atoms with Gasteiger partial charge >= 0.3 is 0 Å². The van der Waals surface area contributed by atoms with Crippen LogP contribution in [0.15, 0.2) is 12.4 Å². The van der Waals surface area contributed by atoms with Crippen molar-refractivity contribution >= 4 is 22.6 Å². The lowest BCUT2D eigenvalue weighted by Gasteiger charge is -2.36. The Kier molecular flexibility index (Phi) is 2.04. The van der Waals surface area contributed by atoms with Gasteiger partial charge in [0.1, 0.15) is 5.82 Å². The Morgan fingerprint density at radius 2 is 1.92 bits per heavy atom. The maximum Gasteiger partial charge on any atom is 0.148 e. The molecule has 1 aliphatic rings. The molecule has 4 heteroatoms. The predicted molar refractivity (Wildman–Crippen MR) is 54.5 cm³/mol. The molecule has 0 bridgehead atoms. The number of hydrogen-bond acceptors (Lipinski definition) is 3. The van der Waals surface area contributed by atoms with E-state index in [1.165, 1.54) is 6.42 Å². The fourth-order valence-electron chi connectivity index (χ4n) is 1.35. The Labute approximate surface area is 84.9 Å². The number of aromatic nitrogens is 2. The maximum absolute atomic E-state index is 6.05. The van der Waals surface area contributed by atoms with Gasteiger partial charge in [-0.25, -0.2) is 9.97 Å². The van der Waals surface area contributed by atoms with E-state index in [4.69, 9.17) is 5.73 Å². The molecular formula is C8H10IN3. The molecule has 1 aromatic heterocycles. The third kappa shape index (κ3) is 1.33. The van der Waals surface area contributed by atoms with Gasteiger partial charge in [-0.3, -0.25) is 0 Å². The maximum atomic E-state index is 6.05. The Bertz CT molecular complexity index is 279. The van der Waals surface area contributed by atoms with Gasteiger partial charge in [0.05, 0.1) is 5.54 Å². The number of rotatable bonds is 1. The minimum atomic E-state index is -0.218. The van der Waals surface area contributed by atoms with Crippen LogP contribution in [0, 0.1) is 3.57 Å². The summed E-state index contributed by atoms with van der Waals surface area (Å²) in [6.45, 7) is 0. The van der Waals surface area contributed by atoms with Crippen LogP contribution in [0.2, 0.25) is 0 Å². The van der Waals surface area contributed by atoms with E-state index in [1.54, 1.807) is 0 Å². The Morgan fingerprint density at radius 1 is 1.33 bits per heavy atom. The summed E-state index contributed by atoms with van der Waals surface area (Å²) in [5, 5.41) is 0. The lowest BCUT2D eigenvalue weighted by Crippen LogP contribution is -2.44. The van der Waals surface area contributed by atoms with E-state index < -0.39 is 0 Å². The molecule has 1 aliphatic carbocycles. The largest absolute Gasteiger partial charge is 0.319 e. The minimum absolute atomic E-state index is 0.218. The van der Waals surface area contributed by atoms with Gasteiger partial charge in [0.25, 0.3) is 0 Å². The van der Waals surface area contributed by atoms with Crippen molar-refractivity contribution in [3.05, 3.63) is 21.8 Å². The van der Waals surface area contributed by atoms with Gasteiger partial charge in [-0.05, 0) is 41.9 Å². The third-order valence-corrected chi connectivity index (χ3v) is 2.87. The quantitative estimate of drug-likeness (QED) is 0.788. The summed E-state index contributed by atoms with van der Waals surface area (Å²) in [5.41, 5.74) is 5.83.